The van der Waals surface area contributed by atoms with Crippen molar-refractivity contribution in [1.82, 2.24) is 10.2 Å². The first kappa shape index (κ1) is 33.9. The lowest BCUT2D eigenvalue weighted by Crippen LogP contribution is -2.53. The summed E-state index contributed by atoms with van der Waals surface area (Å²) >= 11 is 19.0. The fraction of sp³-hybridized carbons (Fsp3) is 0.375. The van der Waals surface area contributed by atoms with Crippen LogP contribution in [0.1, 0.15) is 51.5 Å². The van der Waals surface area contributed by atoms with Crippen LogP contribution in [-0.4, -0.2) is 50.4 Å². The largest absolute Gasteiger partial charge is 0.494 e. The normalized spacial score (nSPS) is 14.5. The van der Waals surface area contributed by atoms with Gasteiger partial charge in [0.05, 0.1) is 17.2 Å². The van der Waals surface area contributed by atoms with Gasteiger partial charge in [0.15, 0.2) is 0 Å². The Bertz CT molecular complexity index is 1530. The van der Waals surface area contributed by atoms with Gasteiger partial charge in [0.2, 0.25) is 11.8 Å². The lowest BCUT2D eigenvalue weighted by molar-refractivity contribution is -0.139. The van der Waals surface area contributed by atoms with Crippen LogP contribution >= 0.6 is 34.8 Å². The van der Waals surface area contributed by atoms with E-state index in [9.17, 15) is 18.0 Å². The van der Waals surface area contributed by atoms with Crippen LogP contribution in [0, 0.1) is 0 Å². The molecular formula is C32H36Cl3N3O5S. The Labute approximate surface area is 274 Å². The summed E-state index contributed by atoms with van der Waals surface area (Å²) in [7, 11) is -4.25. The first-order valence-corrected chi connectivity index (χ1v) is 17.1. The van der Waals surface area contributed by atoms with E-state index >= 15 is 0 Å². The topological polar surface area (TPSA) is 96.0 Å². The van der Waals surface area contributed by atoms with Crippen LogP contribution in [0.2, 0.25) is 15.1 Å². The molecule has 1 N–H and O–H groups in total. The van der Waals surface area contributed by atoms with Crippen molar-refractivity contribution in [2.24, 2.45) is 0 Å². The van der Waals surface area contributed by atoms with Gasteiger partial charge in [-0.1, -0.05) is 60.1 Å². The van der Waals surface area contributed by atoms with Gasteiger partial charge in [-0.2, -0.15) is 0 Å². The molecule has 3 aromatic carbocycles. The minimum Gasteiger partial charge on any atom is -0.494 e. The summed E-state index contributed by atoms with van der Waals surface area (Å²) in [5.41, 5.74) is 0.696. The number of sulfonamides is 1. The monoisotopic (exact) mass is 679 g/mol. The van der Waals surface area contributed by atoms with Crippen molar-refractivity contribution in [3.63, 3.8) is 0 Å². The smallest absolute Gasteiger partial charge is 0.264 e. The second-order valence-corrected chi connectivity index (χ2v) is 13.7. The van der Waals surface area contributed by atoms with Gasteiger partial charge >= 0.3 is 0 Å². The van der Waals surface area contributed by atoms with E-state index in [2.05, 4.69) is 5.32 Å². The molecule has 236 valence electrons. The summed E-state index contributed by atoms with van der Waals surface area (Å²) in [6.07, 6.45) is 4.91. The molecule has 1 fully saturated rings. The lowest BCUT2D eigenvalue weighted by atomic mass is 9.95. The lowest BCUT2D eigenvalue weighted by Gasteiger charge is -2.33. The minimum atomic E-state index is -4.25. The van der Waals surface area contributed by atoms with Gasteiger partial charge in [0, 0.05) is 33.2 Å². The van der Waals surface area contributed by atoms with E-state index in [0.29, 0.717) is 33.0 Å². The standard InChI is InChI=1S/C32H36Cl3N3O5S/c1-3-43-26-16-14-25(15-17-26)38(44(41,42)27-18-12-23(33)13-19-27)21-31(39)37(20-28-29(34)10-7-11-30(28)35)22(2)32(40)36-24-8-5-4-6-9-24/h7,10-19,22,24H,3-6,8-9,20-21H2,1-2H3,(H,36,40)/t22-/m1/s1. The predicted molar refractivity (Wildman–Crippen MR) is 175 cm³/mol. The van der Waals surface area contributed by atoms with Crippen molar-refractivity contribution in [1.29, 1.82) is 0 Å². The number of hydrogen-bond donors (Lipinski definition) is 1. The number of nitrogens with one attached hydrogen (secondary N) is 1. The maximum Gasteiger partial charge on any atom is 0.264 e. The number of carbonyl (C=O) groups excluding carboxylic acids is 2. The van der Waals surface area contributed by atoms with Crippen LogP contribution in [0.5, 0.6) is 5.75 Å². The zero-order chi connectivity index (χ0) is 31.9. The Morgan fingerprint density at radius 3 is 2.14 bits per heavy atom. The molecule has 8 nitrogen and oxygen atoms in total. The Kier molecular flexibility index (Phi) is 11.8. The van der Waals surface area contributed by atoms with Crippen LogP contribution in [0.3, 0.4) is 0 Å². The van der Waals surface area contributed by atoms with Crippen LogP contribution in [-0.2, 0) is 26.2 Å². The predicted octanol–water partition coefficient (Wildman–Crippen LogP) is 7.11. The average Bonchev–Trinajstić information content (AvgIpc) is 3.00. The van der Waals surface area contributed by atoms with Gasteiger partial charge in [-0.15, -0.1) is 0 Å². The SMILES string of the molecule is CCOc1ccc(N(CC(=O)N(Cc2c(Cl)cccc2Cl)[C@H](C)C(=O)NC2CCCCC2)S(=O)(=O)c2ccc(Cl)cc2)cc1. The third-order valence-electron chi connectivity index (χ3n) is 7.63. The number of nitrogens with zero attached hydrogens (tertiary/aromatic N) is 2. The summed E-state index contributed by atoms with van der Waals surface area (Å²) in [6, 6.07) is 16.2. The van der Waals surface area contributed by atoms with Crippen LogP contribution in [0.4, 0.5) is 5.69 Å². The summed E-state index contributed by atoms with van der Waals surface area (Å²) in [4.78, 5) is 29.0. The van der Waals surface area contributed by atoms with Crippen molar-refractivity contribution in [3.05, 3.63) is 87.4 Å². The highest BCUT2D eigenvalue weighted by Gasteiger charge is 2.34. The van der Waals surface area contributed by atoms with Gasteiger partial charge in [-0.3, -0.25) is 13.9 Å². The number of benzene rings is 3. The van der Waals surface area contributed by atoms with Crippen LogP contribution in [0.15, 0.2) is 71.6 Å². The second-order valence-electron chi connectivity index (χ2n) is 10.6. The van der Waals surface area contributed by atoms with E-state index in [1.807, 2.05) is 6.92 Å². The third kappa shape index (κ3) is 8.38. The summed E-state index contributed by atoms with van der Waals surface area (Å²) in [5, 5.41) is 4.10. The summed E-state index contributed by atoms with van der Waals surface area (Å²) in [5.74, 6) is -0.394. The molecule has 0 saturated heterocycles. The molecule has 0 aromatic heterocycles. The van der Waals surface area contributed by atoms with Gasteiger partial charge in [0.25, 0.3) is 10.0 Å². The van der Waals surface area contributed by atoms with Crippen LogP contribution in [0.25, 0.3) is 0 Å². The molecule has 0 unspecified atom stereocenters. The molecule has 0 heterocycles. The van der Waals surface area contributed by atoms with Crippen LogP contribution < -0.4 is 14.4 Å². The number of halogens is 3. The molecule has 3 aromatic rings. The molecule has 12 heteroatoms. The van der Waals surface area contributed by atoms with Gasteiger partial charge < -0.3 is 15.0 Å². The second kappa shape index (κ2) is 15.3. The Morgan fingerprint density at radius 1 is 0.932 bits per heavy atom. The van der Waals surface area contributed by atoms with E-state index < -0.39 is 28.5 Å². The molecule has 1 aliphatic rings. The Balaban J connectivity index is 1.71. The maximum atomic E-state index is 14.2. The fourth-order valence-electron chi connectivity index (χ4n) is 5.14. The fourth-order valence-corrected chi connectivity index (χ4v) is 7.20. The number of hydrogen-bond acceptors (Lipinski definition) is 5. The number of ether oxygens (including phenoxy) is 1. The molecule has 0 radical (unpaired) electrons. The molecule has 0 spiro atoms. The molecule has 4 rings (SSSR count). The average molecular weight is 681 g/mol. The zero-order valence-electron chi connectivity index (χ0n) is 24.6. The quantitative estimate of drug-likeness (QED) is 0.220. The molecule has 1 saturated carbocycles. The third-order valence-corrected chi connectivity index (χ3v) is 10.4. The van der Waals surface area contributed by atoms with Gasteiger partial charge in [0.1, 0.15) is 18.3 Å². The minimum absolute atomic E-state index is 0.0187. The van der Waals surface area contributed by atoms with E-state index in [4.69, 9.17) is 39.5 Å². The Morgan fingerprint density at radius 2 is 1.55 bits per heavy atom. The number of carbonyl (C=O) groups is 2. The maximum absolute atomic E-state index is 14.2. The molecule has 0 aliphatic heterocycles. The summed E-state index contributed by atoms with van der Waals surface area (Å²) < 4.78 is 34.6. The van der Waals surface area contributed by atoms with Crippen molar-refractivity contribution in [3.8, 4) is 5.75 Å². The molecular weight excluding hydrogens is 645 g/mol. The highest BCUT2D eigenvalue weighted by atomic mass is 35.5. The van der Waals surface area contributed by atoms with E-state index in [1.165, 1.54) is 29.2 Å². The first-order chi connectivity index (χ1) is 21.0. The zero-order valence-corrected chi connectivity index (χ0v) is 27.7. The molecule has 44 heavy (non-hydrogen) atoms. The van der Waals surface area contributed by atoms with Crippen molar-refractivity contribution in [2.75, 3.05) is 17.5 Å². The molecule has 1 aliphatic carbocycles. The number of rotatable bonds is 12. The van der Waals surface area contributed by atoms with E-state index in [0.717, 1.165) is 36.4 Å². The molecule has 2 amide bonds. The first-order valence-electron chi connectivity index (χ1n) is 14.5. The van der Waals surface area contributed by atoms with E-state index in [1.54, 1.807) is 49.4 Å². The van der Waals surface area contributed by atoms with Gasteiger partial charge in [-0.05, 0) is 87.4 Å². The van der Waals surface area contributed by atoms with Crippen molar-refractivity contribution < 1.29 is 22.7 Å². The highest BCUT2D eigenvalue weighted by Crippen LogP contribution is 2.30. The molecule has 1 atom stereocenters. The van der Waals surface area contributed by atoms with Gasteiger partial charge in [-0.25, -0.2) is 8.42 Å². The number of anilines is 1. The number of amides is 2. The van der Waals surface area contributed by atoms with E-state index in [-0.39, 0.29) is 29.1 Å². The van der Waals surface area contributed by atoms with Crippen molar-refractivity contribution >= 4 is 62.3 Å². The summed E-state index contributed by atoms with van der Waals surface area (Å²) in [6.45, 7) is 3.20. The molecule has 0 bridgehead atoms. The highest BCUT2D eigenvalue weighted by molar-refractivity contribution is 7.92. The van der Waals surface area contributed by atoms with Crippen molar-refractivity contribution in [2.45, 2.75) is 69.5 Å². The Hall–Kier alpha value is -2.98.